The molecular formula is C16H18O2. The molecule has 0 aliphatic rings. The van der Waals surface area contributed by atoms with Crippen molar-refractivity contribution >= 4 is 0 Å². The Labute approximate surface area is 108 Å². The fourth-order valence-electron chi connectivity index (χ4n) is 1.94. The van der Waals surface area contributed by atoms with Crippen LogP contribution < -0.4 is 4.74 Å². The van der Waals surface area contributed by atoms with Gasteiger partial charge in [-0.1, -0.05) is 42.5 Å². The fourth-order valence-corrected chi connectivity index (χ4v) is 1.94. The van der Waals surface area contributed by atoms with Gasteiger partial charge in [0.25, 0.3) is 0 Å². The van der Waals surface area contributed by atoms with Gasteiger partial charge in [-0.25, -0.2) is 0 Å². The summed E-state index contributed by atoms with van der Waals surface area (Å²) in [5.74, 6) is 0.814. The van der Waals surface area contributed by atoms with Crippen LogP contribution in [-0.2, 0) is 6.42 Å². The van der Waals surface area contributed by atoms with Crippen molar-refractivity contribution in [1.29, 1.82) is 0 Å². The second-order valence-electron chi connectivity index (χ2n) is 4.31. The Morgan fingerprint density at radius 2 is 1.67 bits per heavy atom. The lowest BCUT2D eigenvalue weighted by atomic mass is 10.0. The number of hydrogen-bond donors (Lipinski definition) is 1. The molecule has 0 heterocycles. The number of methoxy groups -OCH3 is 1. The zero-order chi connectivity index (χ0) is 12.8. The number of aliphatic hydroxyl groups excluding tert-OH is 1. The predicted octanol–water partition coefficient (Wildman–Crippen LogP) is 3.36. The molecule has 94 valence electrons. The van der Waals surface area contributed by atoms with Gasteiger partial charge in [0.2, 0.25) is 0 Å². The van der Waals surface area contributed by atoms with Crippen molar-refractivity contribution in [3.8, 4) is 5.75 Å². The van der Waals surface area contributed by atoms with E-state index in [9.17, 15) is 5.11 Å². The predicted molar refractivity (Wildman–Crippen MR) is 72.7 cm³/mol. The van der Waals surface area contributed by atoms with E-state index < -0.39 is 6.10 Å². The summed E-state index contributed by atoms with van der Waals surface area (Å²) in [5.41, 5.74) is 2.19. The third-order valence-electron chi connectivity index (χ3n) is 3.05. The zero-order valence-corrected chi connectivity index (χ0v) is 10.5. The number of ether oxygens (including phenoxy) is 1. The minimum atomic E-state index is -0.420. The quantitative estimate of drug-likeness (QED) is 0.871. The van der Waals surface area contributed by atoms with Crippen LogP contribution in [-0.4, -0.2) is 12.2 Å². The van der Waals surface area contributed by atoms with E-state index in [1.807, 2.05) is 42.5 Å². The van der Waals surface area contributed by atoms with Crippen LogP contribution in [0, 0.1) is 0 Å². The van der Waals surface area contributed by atoms with Gasteiger partial charge in [-0.3, -0.25) is 0 Å². The lowest BCUT2D eigenvalue weighted by molar-refractivity contribution is 0.168. The third kappa shape index (κ3) is 3.34. The van der Waals surface area contributed by atoms with Gasteiger partial charge < -0.3 is 9.84 Å². The van der Waals surface area contributed by atoms with Crippen LogP contribution in [0.3, 0.4) is 0 Å². The molecule has 2 nitrogen and oxygen atoms in total. The first kappa shape index (κ1) is 12.7. The smallest absolute Gasteiger partial charge is 0.118 e. The molecule has 18 heavy (non-hydrogen) atoms. The normalized spacial score (nSPS) is 12.1. The largest absolute Gasteiger partial charge is 0.497 e. The molecule has 2 rings (SSSR count). The summed E-state index contributed by atoms with van der Waals surface area (Å²) in [6, 6.07) is 17.8. The molecular weight excluding hydrogens is 224 g/mol. The second kappa shape index (κ2) is 6.22. The molecule has 2 heteroatoms. The van der Waals surface area contributed by atoms with Gasteiger partial charge in [-0.2, -0.15) is 0 Å². The van der Waals surface area contributed by atoms with Crippen LogP contribution in [0.5, 0.6) is 5.75 Å². The summed E-state index contributed by atoms with van der Waals surface area (Å²) in [6.45, 7) is 0. The average molecular weight is 242 g/mol. The zero-order valence-electron chi connectivity index (χ0n) is 10.5. The van der Waals surface area contributed by atoms with Crippen LogP contribution in [0.2, 0.25) is 0 Å². The Hall–Kier alpha value is -1.80. The molecule has 0 radical (unpaired) electrons. The minimum Gasteiger partial charge on any atom is -0.497 e. The maximum atomic E-state index is 10.1. The van der Waals surface area contributed by atoms with E-state index in [0.717, 1.165) is 24.2 Å². The molecule has 0 spiro atoms. The van der Waals surface area contributed by atoms with Crippen LogP contribution in [0.15, 0.2) is 54.6 Å². The number of rotatable bonds is 5. The summed E-state index contributed by atoms with van der Waals surface area (Å²) >= 11 is 0. The van der Waals surface area contributed by atoms with E-state index in [1.54, 1.807) is 7.11 Å². The lowest BCUT2D eigenvalue weighted by Crippen LogP contribution is -1.99. The highest BCUT2D eigenvalue weighted by atomic mass is 16.5. The van der Waals surface area contributed by atoms with E-state index in [-0.39, 0.29) is 0 Å². The molecule has 0 saturated carbocycles. The first-order chi connectivity index (χ1) is 8.79. The van der Waals surface area contributed by atoms with Crippen LogP contribution in [0.1, 0.15) is 23.7 Å². The Morgan fingerprint density at radius 3 is 2.28 bits per heavy atom. The second-order valence-corrected chi connectivity index (χ2v) is 4.31. The van der Waals surface area contributed by atoms with Gasteiger partial charge in [-0.05, 0) is 36.1 Å². The molecule has 0 saturated heterocycles. The SMILES string of the molecule is COc1ccc(C(O)CCc2ccccc2)cc1. The van der Waals surface area contributed by atoms with Crippen LogP contribution in [0.25, 0.3) is 0 Å². The highest BCUT2D eigenvalue weighted by Gasteiger charge is 2.07. The van der Waals surface area contributed by atoms with E-state index in [1.165, 1.54) is 5.56 Å². The molecule has 2 aromatic rings. The van der Waals surface area contributed by atoms with E-state index >= 15 is 0 Å². The highest BCUT2D eigenvalue weighted by molar-refractivity contribution is 5.28. The molecule has 2 aromatic carbocycles. The molecule has 0 amide bonds. The fraction of sp³-hybridized carbons (Fsp3) is 0.250. The maximum Gasteiger partial charge on any atom is 0.118 e. The topological polar surface area (TPSA) is 29.5 Å². The van der Waals surface area contributed by atoms with Gasteiger partial charge in [0.1, 0.15) is 5.75 Å². The van der Waals surface area contributed by atoms with Gasteiger partial charge in [0.05, 0.1) is 13.2 Å². The van der Waals surface area contributed by atoms with Crippen molar-refractivity contribution in [2.45, 2.75) is 18.9 Å². The van der Waals surface area contributed by atoms with Crippen LogP contribution in [0.4, 0.5) is 0 Å². The maximum absolute atomic E-state index is 10.1. The summed E-state index contributed by atoms with van der Waals surface area (Å²) in [4.78, 5) is 0. The molecule has 0 aliphatic heterocycles. The lowest BCUT2D eigenvalue weighted by Gasteiger charge is -2.11. The van der Waals surface area contributed by atoms with E-state index in [2.05, 4.69) is 12.1 Å². The van der Waals surface area contributed by atoms with Crippen molar-refractivity contribution in [2.24, 2.45) is 0 Å². The van der Waals surface area contributed by atoms with Gasteiger partial charge in [0.15, 0.2) is 0 Å². The van der Waals surface area contributed by atoms with Gasteiger partial charge in [-0.15, -0.1) is 0 Å². The molecule has 1 atom stereocenters. The third-order valence-corrected chi connectivity index (χ3v) is 3.05. The van der Waals surface area contributed by atoms with Gasteiger partial charge >= 0.3 is 0 Å². The number of hydrogen-bond acceptors (Lipinski definition) is 2. The van der Waals surface area contributed by atoms with Crippen molar-refractivity contribution in [3.63, 3.8) is 0 Å². The first-order valence-corrected chi connectivity index (χ1v) is 6.15. The molecule has 0 bridgehead atoms. The summed E-state index contributed by atoms with van der Waals surface area (Å²) < 4.78 is 5.10. The van der Waals surface area contributed by atoms with Crippen LogP contribution >= 0.6 is 0 Å². The molecule has 0 fully saturated rings. The van der Waals surface area contributed by atoms with E-state index in [4.69, 9.17) is 4.74 Å². The number of aryl methyl sites for hydroxylation is 1. The van der Waals surface area contributed by atoms with Crippen molar-refractivity contribution in [1.82, 2.24) is 0 Å². The molecule has 1 unspecified atom stereocenters. The monoisotopic (exact) mass is 242 g/mol. The van der Waals surface area contributed by atoms with Crippen molar-refractivity contribution in [2.75, 3.05) is 7.11 Å². The minimum absolute atomic E-state index is 0.420. The summed E-state index contributed by atoms with van der Waals surface area (Å²) in [5, 5.41) is 10.1. The Bertz CT molecular complexity index is 462. The average Bonchev–Trinajstić information content (AvgIpc) is 2.46. The first-order valence-electron chi connectivity index (χ1n) is 6.15. The Kier molecular flexibility index (Phi) is 4.37. The standard InChI is InChI=1S/C16H18O2/c1-18-15-10-8-14(9-11-15)16(17)12-7-13-5-3-2-4-6-13/h2-6,8-11,16-17H,7,12H2,1H3. The highest BCUT2D eigenvalue weighted by Crippen LogP contribution is 2.21. The Balaban J connectivity index is 1.93. The Morgan fingerprint density at radius 1 is 1.00 bits per heavy atom. The molecule has 0 aromatic heterocycles. The molecule has 1 N–H and O–H groups in total. The molecule has 0 aliphatic carbocycles. The summed E-state index contributed by atoms with van der Waals surface area (Å²) in [6.07, 6.45) is 1.20. The van der Waals surface area contributed by atoms with Gasteiger partial charge in [0, 0.05) is 0 Å². The van der Waals surface area contributed by atoms with Crippen molar-refractivity contribution in [3.05, 3.63) is 65.7 Å². The number of benzene rings is 2. The van der Waals surface area contributed by atoms with E-state index in [0.29, 0.717) is 0 Å². The summed E-state index contributed by atoms with van der Waals surface area (Å²) in [7, 11) is 1.64. The van der Waals surface area contributed by atoms with Crippen molar-refractivity contribution < 1.29 is 9.84 Å². The number of aliphatic hydroxyl groups is 1.